The normalized spacial score (nSPS) is 11.5. The van der Waals surface area contributed by atoms with E-state index in [4.69, 9.17) is 5.11 Å². The summed E-state index contributed by atoms with van der Waals surface area (Å²) < 4.78 is 0. The number of rotatable bonds is 2. The molecule has 4 nitrogen and oxygen atoms in total. The third-order valence-corrected chi connectivity index (χ3v) is 2.50. The lowest BCUT2D eigenvalue weighted by Crippen LogP contribution is -2.17. The second kappa shape index (κ2) is 4.18. The van der Waals surface area contributed by atoms with Crippen molar-refractivity contribution in [1.82, 2.24) is 9.97 Å². The Balaban J connectivity index is 3.30. The Hall–Kier alpha value is -1.10. The van der Waals surface area contributed by atoms with E-state index in [1.54, 1.807) is 0 Å². The fourth-order valence-corrected chi connectivity index (χ4v) is 1.42. The molecule has 82 valence electrons. The molecule has 0 aliphatic heterocycles. The Morgan fingerprint density at radius 2 is 2.00 bits per heavy atom. The quantitative estimate of drug-likeness (QED) is 0.618. The van der Waals surface area contributed by atoms with E-state index in [0.717, 1.165) is 5.69 Å². The van der Waals surface area contributed by atoms with Gasteiger partial charge in [-0.1, -0.05) is 20.8 Å². The molecule has 0 fully saturated rings. The highest BCUT2D eigenvalue weighted by molar-refractivity contribution is 7.98. The average Bonchev–Trinajstić information content (AvgIpc) is 2.15. The van der Waals surface area contributed by atoms with Crippen LogP contribution in [-0.2, 0) is 5.41 Å². The fraction of sp³-hybridized carbons (Fsp3) is 0.500. The molecule has 1 N–H and O–H groups in total. The van der Waals surface area contributed by atoms with Crippen LogP contribution in [0.15, 0.2) is 11.1 Å². The first-order valence-corrected chi connectivity index (χ1v) is 5.74. The Bertz CT molecular complexity index is 385. The van der Waals surface area contributed by atoms with Gasteiger partial charge >= 0.3 is 5.97 Å². The molecule has 1 aromatic rings. The van der Waals surface area contributed by atoms with Gasteiger partial charge in [-0.05, 0) is 12.3 Å². The molecule has 1 heterocycles. The van der Waals surface area contributed by atoms with Gasteiger partial charge in [-0.3, -0.25) is 0 Å². The fourth-order valence-electron chi connectivity index (χ4n) is 1.01. The molecule has 5 heteroatoms. The maximum absolute atomic E-state index is 10.8. The summed E-state index contributed by atoms with van der Waals surface area (Å²) in [6.07, 6.45) is 1.86. The van der Waals surface area contributed by atoms with Crippen LogP contribution in [0.2, 0.25) is 0 Å². The van der Waals surface area contributed by atoms with Gasteiger partial charge in [0.25, 0.3) is 0 Å². The van der Waals surface area contributed by atoms with Crippen LogP contribution in [-0.4, -0.2) is 27.3 Å². The third kappa shape index (κ3) is 2.92. The number of hydrogen-bond donors (Lipinski definition) is 1. The minimum Gasteiger partial charge on any atom is -0.475 e. The van der Waals surface area contributed by atoms with E-state index >= 15 is 0 Å². The van der Waals surface area contributed by atoms with Crippen molar-refractivity contribution in [2.24, 2.45) is 0 Å². The summed E-state index contributed by atoms with van der Waals surface area (Å²) in [7, 11) is 0. The summed E-state index contributed by atoms with van der Waals surface area (Å²) in [6.45, 7) is 5.97. The van der Waals surface area contributed by atoms with E-state index in [0.29, 0.717) is 5.03 Å². The van der Waals surface area contributed by atoms with Gasteiger partial charge < -0.3 is 5.11 Å². The van der Waals surface area contributed by atoms with Crippen molar-refractivity contribution in [3.63, 3.8) is 0 Å². The van der Waals surface area contributed by atoms with Gasteiger partial charge in [0.05, 0.1) is 5.69 Å². The number of aromatic nitrogens is 2. The molecular formula is C10H14N2O2S. The second-order valence-corrected chi connectivity index (χ2v) is 5.00. The SMILES string of the molecule is CSc1cc(C(C)(C)C)nc(C(=O)O)n1. The minimum atomic E-state index is -1.09. The molecule has 0 aliphatic rings. The van der Waals surface area contributed by atoms with Gasteiger partial charge in [0.1, 0.15) is 5.03 Å². The van der Waals surface area contributed by atoms with Crippen LogP contribution in [0, 0.1) is 0 Å². The lowest BCUT2D eigenvalue weighted by molar-refractivity contribution is 0.0682. The molecule has 1 aromatic heterocycles. The summed E-state index contributed by atoms with van der Waals surface area (Å²) in [5, 5.41) is 9.55. The molecule has 0 spiro atoms. The van der Waals surface area contributed by atoms with Crippen LogP contribution in [0.5, 0.6) is 0 Å². The molecule has 0 atom stereocenters. The van der Waals surface area contributed by atoms with E-state index < -0.39 is 5.97 Å². The third-order valence-electron chi connectivity index (χ3n) is 1.87. The standard InChI is InChI=1S/C10H14N2O2S/c1-10(2,3)6-5-7(15-4)12-8(11-6)9(13)14/h5H,1-4H3,(H,13,14). The van der Waals surface area contributed by atoms with Crippen LogP contribution in [0.3, 0.4) is 0 Å². The van der Waals surface area contributed by atoms with Crippen molar-refractivity contribution in [3.05, 3.63) is 17.6 Å². The van der Waals surface area contributed by atoms with E-state index in [9.17, 15) is 4.79 Å². The summed E-state index contributed by atoms with van der Waals surface area (Å²) in [5.41, 5.74) is 0.580. The Labute approximate surface area is 93.1 Å². The molecular weight excluding hydrogens is 212 g/mol. The molecule has 0 saturated heterocycles. The topological polar surface area (TPSA) is 63.1 Å². The first-order valence-electron chi connectivity index (χ1n) is 4.51. The van der Waals surface area contributed by atoms with Crippen molar-refractivity contribution < 1.29 is 9.90 Å². The van der Waals surface area contributed by atoms with Crippen LogP contribution in [0.4, 0.5) is 0 Å². The van der Waals surface area contributed by atoms with Crippen LogP contribution >= 0.6 is 11.8 Å². The zero-order valence-corrected chi connectivity index (χ0v) is 10.1. The molecule has 15 heavy (non-hydrogen) atoms. The number of thioether (sulfide) groups is 1. The molecule has 0 unspecified atom stereocenters. The Morgan fingerprint density at radius 3 is 2.40 bits per heavy atom. The Morgan fingerprint density at radius 1 is 1.40 bits per heavy atom. The van der Waals surface area contributed by atoms with Gasteiger partial charge in [-0.2, -0.15) is 0 Å². The van der Waals surface area contributed by atoms with Crippen molar-refractivity contribution in [1.29, 1.82) is 0 Å². The number of carbonyl (C=O) groups is 1. The first kappa shape index (κ1) is 12.0. The van der Waals surface area contributed by atoms with Gasteiger partial charge in [0.15, 0.2) is 0 Å². The summed E-state index contributed by atoms with van der Waals surface area (Å²) >= 11 is 1.42. The lowest BCUT2D eigenvalue weighted by Gasteiger charge is -2.18. The van der Waals surface area contributed by atoms with Crippen molar-refractivity contribution >= 4 is 17.7 Å². The van der Waals surface area contributed by atoms with E-state index in [1.807, 2.05) is 33.1 Å². The summed E-state index contributed by atoms with van der Waals surface area (Å²) in [5.74, 6) is -1.22. The van der Waals surface area contributed by atoms with Crippen LogP contribution in [0.25, 0.3) is 0 Å². The molecule has 0 radical (unpaired) electrons. The number of aromatic carboxylic acids is 1. The molecule has 0 aliphatic carbocycles. The minimum absolute atomic E-state index is 0.133. The van der Waals surface area contributed by atoms with Gasteiger partial charge in [-0.25, -0.2) is 14.8 Å². The van der Waals surface area contributed by atoms with Crippen LogP contribution < -0.4 is 0 Å². The summed E-state index contributed by atoms with van der Waals surface area (Å²) in [6, 6.07) is 1.83. The van der Waals surface area contributed by atoms with E-state index in [2.05, 4.69) is 9.97 Å². The molecule has 0 amide bonds. The zero-order valence-electron chi connectivity index (χ0n) is 9.24. The zero-order chi connectivity index (χ0) is 11.6. The highest BCUT2D eigenvalue weighted by Gasteiger charge is 2.19. The molecule has 1 rings (SSSR count). The molecule has 0 saturated carbocycles. The highest BCUT2D eigenvalue weighted by atomic mass is 32.2. The van der Waals surface area contributed by atoms with Crippen molar-refractivity contribution in [2.75, 3.05) is 6.26 Å². The highest BCUT2D eigenvalue weighted by Crippen LogP contribution is 2.23. The molecule has 0 bridgehead atoms. The number of carboxylic acid groups (broad SMARTS) is 1. The predicted molar refractivity (Wildman–Crippen MR) is 59.5 cm³/mol. The summed E-state index contributed by atoms with van der Waals surface area (Å²) in [4.78, 5) is 18.8. The lowest BCUT2D eigenvalue weighted by atomic mass is 9.92. The maximum Gasteiger partial charge on any atom is 0.373 e. The number of hydrogen-bond acceptors (Lipinski definition) is 4. The largest absolute Gasteiger partial charge is 0.475 e. The number of carboxylic acids is 1. The van der Waals surface area contributed by atoms with Gasteiger partial charge in [0, 0.05) is 5.41 Å². The van der Waals surface area contributed by atoms with Crippen molar-refractivity contribution in [3.8, 4) is 0 Å². The van der Waals surface area contributed by atoms with Gasteiger partial charge in [-0.15, -0.1) is 11.8 Å². The monoisotopic (exact) mass is 226 g/mol. The Kier molecular flexibility index (Phi) is 3.34. The maximum atomic E-state index is 10.8. The van der Waals surface area contributed by atoms with Gasteiger partial charge in [0.2, 0.25) is 5.82 Å². The molecule has 0 aromatic carbocycles. The van der Waals surface area contributed by atoms with Crippen molar-refractivity contribution in [2.45, 2.75) is 31.2 Å². The predicted octanol–water partition coefficient (Wildman–Crippen LogP) is 2.19. The van der Waals surface area contributed by atoms with Crippen LogP contribution in [0.1, 0.15) is 37.1 Å². The van der Waals surface area contributed by atoms with E-state index in [-0.39, 0.29) is 11.2 Å². The first-order chi connectivity index (χ1) is 6.84. The smallest absolute Gasteiger partial charge is 0.373 e. The second-order valence-electron chi connectivity index (χ2n) is 4.17. The number of nitrogens with zero attached hydrogens (tertiary/aromatic N) is 2. The average molecular weight is 226 g/mol. The van der Waals surface area contributed by atoms with E-state index in [1.165, 1.54) is 11.8 Å².